The van der Waals surface area contributed by atoms with Gasteiger partial charge in [-0.2, -0.15) is 5.26 Å². The monoisotopic (exact) mass is 243 g/mol. The van der Waals surface area contributed by atoms with E-state index in [1.807, 2.05) is 18.2 Å². The fourth-order valence-electron chi connectivity index (χ4n) is 2.67. The molecule has 0 radical (unpaired) electrons. The smallest absolute Gasteiger partial charge is 0.0991 e. The molecule has 3 heteroatoms. The van der Waals surface area contributed by atoms with Gasteiger partial charge in [-0.05, 0) is 62.5 Å². The first-order valence-electron chi connectivity index (χ1n) is 6.73. The highest BCUT2D eigenvalue weighted by atomic mass is 15.1. The zero-order chi connectivity index (χ0) is 12.8. The minimum absolute atomic E-state index is 0.755. The van der Waals surface area contributed by atoms with Crippen LogP contribution in [0.25, 0.3) is 0 Å². The number of hydrogen-bond acceptors (Lipinski definition) is 3. The number of nitrogens with zero attached hydrogens (tertiary/aromatic N) is 2. The van der Waals surface area contributed by atoms with Gasteiger partial charge >= 0.3 is 0 Å². The molecule has 0 atom stereocenters. The molecule has 1 saturated heterocycles. The molecule has 0 saturated carbocycles. The fraction of sp³-hybridized carbons (Fsp3) is 0.533. The van der Waals surface area contributed by atoms with Crippen molar-refractivity contribution in [3.8, 4) is 6.07 Å². The first-order chi connectivity index (χ1) is 8.81. The summed E-state index contributed by atoms with van der Waals surface area (Å²) < 4.78 is 0. The summed E-state index contributed by atoms with van der Waals surface area (Å²) in [7, 11) is 0. The molecule has 0 unspecified atom stereocenters. The zero-order valence-electron chi connectivity index (χ0n) is 10.8. The van der Waals surface area contributed by atoms with Crippen LogP contribution >= 0.6 is 0 Å². The van der Waals surface area contributed by atoms with Crippen LogP contribution in [0.4, 0.5) is 0 Å². The molecule has 0 aromatic heterocycles. The number of piperidine rings is 1. The molecule has 1 aliphatic rings. The highest BCUT2D eigenvalue weighted by Crippen LogP contribution is 2.21. The Morgan fingerprint density at radius 3 is 2.78 bits per heavy atom. The molecule has 18 heavy (non-hydrogen) atoms. The van der Waals surface area contributed by atoms with Crippen LogP contribution in [0.15, 0.2) is 24.3 Å². The first-order valence-corrected chi connectivity index (χ1v) is 6.73. The molecule has 2 N–H and O–H groups in total. The van der Waals surface area contributed by atoms with Crippen LogP contribution < -0.4 is 5.73 Å². The van der Waals surface area contributed by atoms with E-state index in [1.165, 1.54) is 18.4 Å². The van der Waals surface area contributed by atoms with Crippen molar-refractivity contribution >= 4 is 0 Å². The van der Waals surface area contributed by atoms with E-state index in [-0.39, 0.29) is 0 Å². The maximum atomic E-state index is 8.89. The van der Waals surface area contributed by atoms with Gasteiger partial charge in [-0.15, -0.1) is 0 Å². The molecule has 1 heterocycles. The molecule has 1 aromatic rings. The largest absolute Gasteiger partial charge is 0.330 e. The molecule has 1 aromatic carbocycles. The van der Waals surface area contributed by atoms with Gasteiger partial charge < -0.3 is 5.73 Å². The summed E-state index contributed by atoms with van der Waals surface area (Å²) in [5.41, 5.74) is 7.60. The third-order valence-electron chi connectivity index (χ3n) is 3.74. The molecule has 2 rings (SSSR count). The van der Waals surface area contributed by atoms with Crippen molar-refractivity contribution in [1.82, 2.24) is 4.90 Å². The average molecular weight is 243 g/mol. The minimum atomic E-state index is 0.755. The topological polar surface area (TPSA) is 53.0 Å². The Kier molecular flexibility index (Phi) is 4.74. The Morgan fingerprint density at radius 2 is 2.11 bits per heavy atom. The normalized spacial score (nSPS) is 17.6. The van der Waals surface area contributed by atoms with Crippen molar-refractivity contribution in [3.05, 3.63) is 35.4 Å². The second-order valence-electron chi connectivity index (χ2n) is 5.11. The second-order valence-corrected chi connectivity index (χ2v) is 5.11. The number of hydrogen-bond donors (Lipinski definition) is 1. The third kappa shape index (κ3) is 3.56. The van der Waals surface area contributed by atoms with Gasteiger partial charge in [-0.3, -0.25) is 4.90 Å². The lowest BCUT2D eigenvalue weighted by molar-refractivity contribution is 0.173. The summed E-state index contributed by atoms with van der Waals surface area (Å²) in [6.07, 6.45) is 3.68. The van der Waals surface area contributed by atoms with E-state index in [0.29, 0.717) is 0 Å². The number of rotatable bonds is 4. The SMILES string of the molecule is N#Cc1cccc(CN2CCC(CCN)CC2)c1. The lowest BCUT2D eigenvalue weighted by Gasteiger charge is -2.31. The van der Waals surface area contributed by atoms with Gasteiger partial charge in [0.15, 0.2) is 0 Å². The first kappa shape index (κ1) is 13.1. The Hall–Kier alpha value is -1.37. The van der Waals surface area contributed by atoms with Crippen molar-refractivity contribution in [2.45, 2.75) is 25.8 Å². The summed E-state index contributed by atoms with van der Waals surface area (Å²) in [6, 6.07) is 10.1. The summed E-state index contributed by atoms with van der Waals surface area (Å²) in [4.78, 5) is 2.48. The zero-order valence-corrected chi connectivity index (χ0v) is 10.8. The van der Waals surface area contributed by atoms with E-state index in [4.69, 9.17) is 11.0 Å². The van der Waals surface area contributed by atoms with E-state index >= 15 is 0 Å². The molecule has 0 bridgehead atoms. The van der Waals surface area contributed by atoms with Crippen LogP contribution in [-0.4, -0.2) is 24.5 Å². The van der Waals surface area contributed by atoms with Crippen LogP contribution in [-0.2, 0) is 6.54 Å². The molecule has 1 fully saturated rings. The molecule has 0 amide bonds. The van der Waals surface area contributed by atoms with Crippen molar-refractivity contribution in [2.75, 3.05) is 19.6 Å². The summed E-state index contributed by atoms with van der Waals surface area (Å²) in [6.45, 7) is 4.09. The fourth-order valence-corrected chi connectivity index (χ4v) is 2.67. The average Bonchev–Trinajstić information content (AvgIpc) is 2.42. The molecule has 0 aliphatic carbocycles. The van der Waals surface area contributed by atoms with Crippen molar-refractivity contribution in [2.24, 2.45) is 11.7 Å². The van der Waals surface area contributed by atoms with E-state index < -0.39 is 0 Å². The van der Waals surface area contributed by atoms with E-state index in [9.17, 15) is 0 Å². The van der Waals surface area contributed by atoms with E-state index in [1.54, 1.807) is 0 Å². The number of nitrogens with two attached hydrogens (primary N) is 1. The van der Waals surface area contributed by atoms with Crippen LogP contribution in [0.5, 0.6) is 0 Å². The van der Waals surface area contributed by atoms with Crippen LogP contribution in [0.1, 0.15) is 30.4 Å². The van der Waals surface area contributed by atoms with Crippen LogP contribution in [0.3, 0.4) is 0 Å². The van der Waals surface area contributed by atoms with Crippen molar-refractivity contribution < 1.29 is 0 Å². The van der Waals surface area contributed by atoms with Gasteiger partial charge in [-0.25, -0.2) is 0 Å². The van der Waals surface area contributed by atoms with Crippen LogP contribution in [0, 0.1) is 17.2 Å². The molecule has 96 valence electrons. The number of nitriles is 1. The van der Waals surface area contributed by atoms with Gasteiger partial charge in [0.2, 0.25) is 0 Å². The lowest BCUT2D eigenvalue weighted by Crippen LogP contribution is -2.33. The van der Waals surface area contributed by atoms with Gasteiger partial charge in [0.05, 0.1) is 11.6 Å². The van der Waals surface area contributed by atoms with E-state index in [0.717, 1.165) is 44.1 Å². The van der Waals surface area contributed by atoms with Gasteiger partial charge in [0.1, 0.15) is 0 Å². The maximum Gasteiger partial charge on any atom is 0.0991 e. The molecule has 1 aliphatic heterocycles. The Bertz CT molecular complexity index is 414. The number of likely N-dealkylation sites (tertiary alicyclic amines) is 1. The summed E-state index contributed by atoms with van der Waals surface area (Å²) in [5, 5.41) is 8.89. The number of benzene rings is 1. The highest BCUT2D eigenvalue weighted by molar-refractivity contribution is 5.32. The Labute approximate surface area is 109 Å². The minimum Gasteiger partial charge on any atom is -0.330 e. The van der Waals surface area contributed by atoms with Crippen molar-refractivity contribution in [3.63, 3.8) is 0 Å². The van der Waals surface area contributed by atoms with Gasteiger partial charge in [-0.1, -0.05) is 12.1 Å². The third-order valence-corrected chi connectivity index (χ3v) is 3.74. The molecular weight excluding hydrogens is 222 g/mol. The molecule has 0 spiro atoms. The highest BCUT2D eigenvalue weighted by Gasteiger charge is 2.18. The standard InChI is InChI=1S/C15H21N3/c16-7-4-13-5-8-18(9-6-13)12-15-3-1-2-14(10-15)11-17/h1-3,10,13H,4-9,12,16H2. The maximum absolute atomic E-state index is 8.89. The Morgan fingerprint density at radius 1 is 1.33 bits per heavy atom. The van der Waals surface area contributed by atoms with Gasteiger partial charge in [0.25, 0.3) is 0 Å². The second kappa shape index (κ2) is 6.53. The van der Waals surface area contributed by atoms with Gasteiger partial charge in [0, 0.05) is 6.54 Å². The Balaban J connectivity index is 1.86. The summed E-state index contributed by atoms with van der Waals surface area (Å²) in [5.74, 6) is 0.816. The molecular formula is C15H21N3. The quantitative estimate of drug-likeness (QED) is 0.881. The lowest BCUT2D eigenvalue weighted by atomic mass is 9.93. The van der Waals surface area contributed by atoms with E-state index in [2.05, 4.69) is 17.0 Å². The predicted octanol–water partition coefficient (Wildman–Crippen LogP) is 2.12. The molecule has 3 nitrogen and oxygen atoms in total. The summed E-state index contributed by atoms with van der Waals surface area (Å²) >= 11 is 0. The van der Waals surface area contributed by atoms with Crippen LogP contribution in [0.2, 0.25) is 0 Å². The predicted molar refractivity (Wildman–Crippen MR) is 72.8 cm³/mol. The van der Waals surface area contributed by atoms with Crippen molar-refractivity contribution in [1.29, 1.82) is 5.26 Å².